The topological polar surface area (TPSA) is 59.0 Å². The lowest BCUT2D eigenvalue weighted by Crippen LogP contribution is -2.41. The smallest absolute Gasteiger partial charge is 0.416 e. The van der Waals surface area contributed by atoms with Crippen LogP contribution in [0.3, 0.4) is 0 Å². The van der Waals surface area contributed by atoms with Gasteiger partial charge in [-0.3, -0.25) is 0 Å². The summed E-state index contributed by atoms with van der Waals surface area (Å²) in [5.74, 6) is -0.725. The van der Waals surface area contributed by atoms with E-state index in [2.05, 4.69) is 0 Å². The van der Waals surface area contributed by atoms with Crippen molar-refractivity contribution < 1.29 is 32.5 Å². The average molecular weight is 375 g/mol. The second-order valence-corrected chi connectivity index (χ2v) is 7.45. The maximum absolute atomic E-state index is 12.8. The van der Waals surface area contributed by atoms with Crippen LogP contribution in [0, 0.1) is 0 Å². The number of rotatable bonds is 3. The van der Waals surface area contributed by atoms with E-state index in [4.69, 9.17) is 9.47 Å². The lowest BCUT2D eigenvalue weighted by atomic mass is 9.94. The van der Waals surface area contributed by atoms with E-state index in [0.717, 1.165) is 12.1 Å². The van der Waals surface area contributed by atoms with Gasteiger partial charge in [0.15, 0.2) is 0 Å². The van der Waals surface area contributed by atoms with Crippen LogP contribution in [-0.2, 0) is 15.7 Å². The Morgan fingerprint density at radius 2 is 1.96 bits per heavy atom. The number of aromatic hydroxyl groups is 1. The van der Waals surface area contributed by atoms with Crippen LogP contribution >= 0.6 is 0 Å². The Bertz CT molecular complexity index is 655. The highest BCUT2D eigenvalue weighted by molar-refractivity contribution is 5.69. The molecule has 1 aliphatic heterocycles. The maximum Gasteiger partial charge on any atom is 0.416 e. The van der Waals surface area contributed by atoms with E-state index in [1.54, 1.807) is 20.8 Å². The number of nitrogens with zero attached hydrogens (tertiary/aromatic N) is 1. The third kappa shape index (κ3) is 4.81. The molecule has 0 saturated carbocycles. The lowest BCUT2D eigenvalue weighted by molar-refractivity contribution is -0.137. The molecule has 1 N–H and O–H groups in total. The molecule has 1 heterocycles. The van der Waals surface area contributed by atoms with Crippen molar-refractivity contribution in [2.24, 2.45) is 0 Å². The fourth-order valence-electron chi connectivity index (χ4n) is 3.10. The molecule has 1 saturated heterocycles. The molecule has 1 aromatic rings. The van der Waals surface area contributed by atoms with Crippen LogP contribution < -0.4 is 0 Å². The van der Waals surface area contributed by atoms with Gasteiger partial charge in [0.2, 0.25) is 0 Å². The fraction of sp³-hybridized carbons (Fsp3) is 0.611. The molecule has 1 aromatic carbocycles. The van der Waals surface area contributed by atoms with Crippen molar-refractivity contribution in [1.82, 2.24) is 4.90 Å². The summed E-state index contributed by atoms with van der Waals surface area (Å²) in [4.78, 5) is 13.9. The van der Waals surface area contributed by atoms with Crippen LogP contribution in [-0.4, -0.2) is 48.0 Å². The highest BCUT2D eigenvalue weighted by Crippen LogP contribution is 2.39. The summed E-state index contributed by atoms with van der Waals surface area (Å²) in [6.07, 6.45) is -4.56. The van der Waals surface area contributed by atoms with Crippen LogP contribution in [0.25, 0.3) is 0 Å². The van der Waals surface area contributed by atoms with Gasteiger partial charge in [0.25, 0.3) is 0 Å². The number of hydrogen-bond donors (Lipinski definition) is 1. The third-order valence-corrected chi connectivity index (χ3v) is 4.20. The van der Waals surface area contributed by atoms with Crippen LogP contribution in [0.1, 0.15) is 44.2 Å². The van der Waals surface area contributed by atoms with Crippen molar-refractivity contribution in [3.63, 3.8) is 0 Å². The van der Waals surface area contributed by atoms with Crippen molar-refractivity contribution in [2.45, 2.75) is 50.9 Å². The highest BCUT2D eigenvalue weighted by atomic mass is 19.4. The van der Waals surface area contributed by atoms with Gasteiger partial charge in [0.1, 0.15) is 11.4 Å². The Hall–Kier alpha value is -1.96. The summed E-state index contributed by atoms with van der Waals surface area (Å²) in [5, 5.41) is 10.1. The quantitative estimate of drug-likeness (QED) is 0.862. The summed E-state index contributed by atoms with van der Waals surface area (Å²) >= 11 is 0. The van der Waals surface area contributed by atoms with Crippen LogP contribution in [0.2, 0.25) is 0 Å². The van der Waals surface area contributed by atoms with Gasteiger partial charge < -0.3 is 19.5 Å². The number of ether oxygens (including phenoxy) is 2. The predicted octanol–water partition coefficient (Wildman–Crippen LogP) is 4.15. The van der Waals surface area contributed by atoms with Gasteiger partial charge in [-0.2, -0.15) is 13.2 Å². The first-order valence-electron chi connectivity index (χ1n) is 8.31. The second-order valence-electron chi connectivity index (χ2n) is 7.45. The number of methoxy groups -OCH3 is 1. The molecule has 2 rings (SSSR count). The normalized spacial score (nSPS) is 21.1. The molecule has 0 unspecified atom stereocenters. The van der Waals surface area contributed by atoms with Crippen LogP contribution in [0.15, 0.2) is 18.2 Å². The molecule has 2 atom stereocenters. The molecule has 5 nitrogen and oxygen atoms in total. The Labute approximate surface area is 150 Å². The molecule has 1 fully saturated rings. The van der Waals surface area contributed by atoms with E-state index in [-0.39, 0.29) is 25.1 Å². The molecular formula is C18H24F3NO4. The lowest BCUT2D eigenvalue weighted by Gasteiger charge is -2.28. The summed E-state index contributed by atoms with van der Waals surface area (Å²) in [7, 11) is 1.51. The van der Waals surface area contributed by atoms with Gasteiger partial charge in [-0.05, 0) is 44.9 Å². The van der Waals surface area contributed by atoms with Gasteiger partial charge in [0.05, 0.1) is 18.2 Å². The van der Waals surface area contributed by atoms with Crippen molar-refractivity contribution in [3.05, 3.63) is 29.3 Å². The van der Waals surface area contributed by atoms with E-state index in [1.807, 2.05) is 0 Å². The first-order valence-corrected chi connectivity index (χ1v) is 8.31. The van der Waals surface area contributed by atoms with Crippen LogP contribution in [0.5, 0.6) is 5.75 Å². The molecule has 1 amide bonds. The number of phenols is 1. The molecule has 0 aliphatic carbocycles. The van der Waals surface area contributed by atoms with E-state index in [9.17, 15) is 23.1 Å². The molecule has 0 radical (unpaired) electrons. The van der Waals surface area contributed by atoms with Gasteiger partial charge in [0, 0.05) is 19.6 Å². The monoisotopic (exact) mass is 375 g/mol. The van der Waals surface area contributed by atoms with Gasteiger partial charge in [-0.25, -0.2) is 4.79 Å². The summed E-state index contributed by atoms with van der Waals surface area (Å²) in [6, 6.07) is 2.65. The minimum atomic E-state index is -4.52. The van der Waals surface area contributed by atoms with Crippen LogP contribution in [0.4, 0.5) is 18.0 Å². The number of halogens is 3. The zero-order chi connectivity index (χ0) is 19.7. The summed E-state index contributed by atoms with van der Waals surface area (Å²) in [5.41, 5.74) is -1.19. The van der Waals surface area contributed by atoms with Crippen molar-refractivity contribution in [3.8, 4) is 5.75 Å². The molecule has 26 heavy (non-hydrogen) atoms. The molecule has 0 aromatic heterocycles. The number of alkyl halides is 3. The van der Waals surface area contributed by atoms with Gasteiger partial charge in [-0.15, -0.1) is 0 Å². The van der Waals surface area contributed by atoms with Crippen molar-refractivity contribution in [1.29, 1.82) is 0 Å². The predicted molar refractivity (Wildman–Crippen MR) is 89.1 cm³/mol. The Morgan fingerprint density at radius 3 is 2.46 bits per heavy atom. The Morgan fingerprint density at radius 1 is 1.31 bits per heavy atom. The number of hydrogen-bond acceptors (Lipinski definition) is 4. The first-order chi connectivity index (χ1) is 11.9. The second kappa shape index (κ2) is 7.34. The number of likely N-dealkylation sites (tertiary alicyclic amines) is 1. The van der Waals surface area contributed by atoms with E-state index < -0.39 is 29.2 Å². The number of amides is 1. The molecule has 0 spiro atoms. The third-order valence-electron chi connectivity index (χ3n) is 4.20. The molecule has 0 bridgehead atoms. The minimum Gasteiger partial charge on any atom is -0.508 e. The molecule has 8 heteroatoms. The number of carbonyl (C=O) groups is 1. The number of carbonyl (C=O) groups excluding carboxylic acids is 1. The van der Waals surface area contributed by atoms with Crippen molar-refractivity contribution >= 4 is 6.09 Å². The molecule has 1 aliphatic rings. The fourth-order valence-corrected chi connectivity index (χ4v) is 3.10. The molecular weight excluding hydrogens is 351 g/mol. The van der Waals surface area contributed by atoms with E-state index in [0.29, 0.717) is 12.0 Å². The molecule has 146 valence electrons. The highest BCUT2D eigenvalue weighted by Gasteiger charge is 2.39. The maximum atomic E-state index is 12.8. The zero-order valence-corrected chi connectivity index (χ0v) is 15.3. The standard InChI is InChI=1S/C18H24F3NO4/c1-17(2,3)26-16(24)22-9-11(7-13(22)10-25-4)14-6-5-12(8-15(14)23)18(19,20)21/h5-6,8,11,13,23H,7,9-10H2,1-4H3/t11-,13+/m1/s1. The average Bonchev–Trinajstić information content (AvgIpc) is 2.88. The largest absolute Gasteiger partial charge is 0.508 e. The zero-order valence-electron chi connectivity index (χ0n) is 15.3. The van der Waals surface area contributed by atoms with Crippen molar-refractivity contribution in [2.75, 3.05) is 20.3 Å². The Kier molecular flexibility index (Phi) is 5.75. The number of benzene rings is 1. The SMILES string of the molecule is COC[C@@H]1C[C@@H](c2ccc(C(F)(F)F)cc2O)CN1C(=O)OC(C)(C)C. The first kappa shape index (κ1) is 20.4. The number of phenolic OH excluding ortho intramolecular Hbond substituents is 1. The summed E-state index contributed by atoms with van der Waals surface area (Å²) in [6.45, 7) is 5.78. The Balaban J connectivity index is 2.22. The van der Waals surface area contributed by atoms with E-state index in [1.165, 1.54) is 18.1 Å². The van der Waals surface area contributed by atoms with Gasteiger partial charge in [-0.1, -0.05) is 6.07 Å². The summed E-state index contributed by atoms with van der Waals surface area (Å²) < 4.78 is 48.9. The van der Waals surface area contributed by atoms with E-state index >= 15 is 0 Å². The van der Waals surface area contributed by atoms with Gasteiger partial charge >= 0.3 is 12.3 Å². The minimum absolute atomic E-state index is 0.238.